The van der Waals surface area contributed by atoms with E-state index in [2.05, 4.69) is 19.2 Å². The molecule has 0 spiro atoms. The van der Waals surface area contributed by atoms with Gasteiger partial charge in [-0.25, -0.2) is 0 Å². The highest BCUT2D eigenvalue weighted by Gasteiger charge is 2.32. The Balaban J connectivity index is 2.17. The van der Waals surface area contributed by atoms with Gasteiger partial charge in [0.15, 0.2) is 0 Å². The number of alkyl halides is 3. The molecule has 0 saturated heterocycles. The number of hydrogen-bond donors (Lipinski definition) is 1. The molecule has 2 rings (SSSR count). The largest absolute Gasteiger partial charge is 0.416 e. The van der Waals surface area contributed by atoms with Crippen molar-refractivity contribution in [2.45, 2.75) is 57.7 Å². The third-order valence-corrected chi connectivity index (χ3v) is 4.34. The second kappa shape index (κ2) is 6.82. The zero-order valence-electron chi connectivity index (χ0n) is 12.7. The van der Waals surface area contributed by atoms with Crippen LogP contribution in [-0.2, 0) is 6.18 Å². The summed E-state index contributed by atoms with van der Waals surface area (Å²) >= 11 is 0. The predicted octanol–water partition coefficient (Wildman–Crippen LogP) is 4.98. The van der Waals surface area contributed by atoms with Crippen molar-refractivity contribution < 1.29 is 13.2 Å². The Hall–Kier alpha value is -1.03. The van der Waals surface area contributed by atoms with Gasteiger partial charge in [-0.05, 0) is 42.9 Å². The van der Waals surface area contributed by atoms with Crippen molar-refractivity contribution in [1.82, 2.24) is 5.32 Å². The summed E-state index contributed by atoms with van der Waals surface area (Å²) in [4.78, 5) is 0. The van der Waals surface area contributed by atoms with Gasteiger partial charge in [-0.3, -0.25) is 0 Å². The third-order valence-electron chi connectivity index (χ3n) is 4.34. The van der Waals surface area contributed by atoms with Crippen molar-refractivity contribution in [1.29, 1.82) is 0 Å². The predicted molar refractivity (Wildman–Crippen MR) is 79.3 cm³/mol. The van der Waals surface area contributed by atoms with Crippen LogP contribution in [0.2, 0.25) is 0 Å². The number of hydrogen-bond acceptors (Lipinski definition) is 1. The molecule has 1 N–H and O–H groups in total. The molecule has 0 heterocycles. The van der Waals surface area contributed by atoms with Crippen LogP contribution >= 0.6 is 0 Å². The van der Waals surface area contributed by atoms with Crippen molar-refractivity contribution in [2.24, 2.45) is 5.92 Å². The molecule has 0 radical (unpaired) electrons. The zero-order chi connectivity index (χ0) is 15.5. The van der Waals surface area contributed by atoms with Gasteiger partial charge >= 0.3 is 6.18 Å². The van der Waals surface area contributed by atoms with E-state index in [0.717, 1.165) is 37.4 Å². The molecule has 0 aliphatic heterocycles. The summed E-state index contributed by atoms with van der Waals surface area (Å²) in [6.07, 6.45) is 0.127. The van der Waals surface area contributed by atoms with E-state index in [9.17, 15) is 13.2 Å². The molecular weight excluding hydrogens is 275 g/mol. The van der Waals surface area contributed by atoms with E-state index in [-0.39, 0.29) is 5.92 Å². The maximum Gasteiger partial charge on any atom is 0.416 e. The number of halogens is 3. The first-order valence-corrected chi connectivity index (χ1v) is 7.78. The van der Waals surface area contributed by atoms with Crippen LogP contribution < -0.4 is 5.32 Å². The third kappa shape index (κ3) is 4.47. The highest BCUT2D eigenvalue weighted by Crippen LogP contribution is 2.39. The van der Waals surface area contributed by atoms with Gasteiger partial charge in [0.05, 0.1) is 5.56 Å². The molecule has 1 nitrogen and oxygen atoms in total. The minimum Gasteiger partial charge on any atom is -0.314 e. The van der Waals surface area contributed by atoms with Crippen molar-refractivity contribution >= 4 is 0 Å². The molecule has 1 saturated carbocycles. The first-order chi connectivity index (χ1) is 9.88. The molecule has 118 valence electrons. The molecule has 1 aliphatic carbocycles. The highest BCUT2D eigenvalue weighted by atomic mass is 19.4. The van der Waals surface area contributed by atoms with E-state index in [1.165, 1.54) is 12.5 Å². The van der Waals surface area contributed by atoms with E-state index >= 15 is 0 Å². The fourth-order valence-electron chi connectivity index (χ4n) is 3.22. The summed E-state index contributed by atoms with van der Waals surface area (Å²) in [6.45, 7) is 5.09. The second-order valence-electron chi connectivity index (χ2n) is 6.34. The van der Waals surface area contributed by atoms with Gasteiger partial charge in [-0.2, -0.15) is 13.2 Å². The fourth-order valence-corrected chi connectivity index (χ4v) is 3.22. The monoisotopic (exact) mass is 299 g/mol. The second-order valence-corrected chi connectivity index (χ2v) is 6.34. The molecule has 1 aliphatic rings. The topological polar surface area (TPSA) is 12.0 Å². The van der Waals surface area contributed by atoms with Crippen LogP contribution in [0.4, 0.5) is 13.2 Å². The number of nitrogens with one attached hydrogen (secondary N) is 1. The first kappa shape index (κ1) is 16.3. The SMILES string of the molecule is CC(C)NCC1CCCCC1c1cccc(C(F)(F)F)c1. The van der Waals surface area contributed by atoms with Crippen LogP contribution in [0.25, 0.3) is 0 Å². The lowest BCUT2D eigenvalue weighted by Crippen LogP contribution is -2.33. The summed E-state index contributed by atoms with van der Waals surface area (Å²) in [5.74, 6) is 0.678. The molecule has 0 aromatic heterocycles. The van der Waals surface area contributed by atoms with Crippen molar-refractivity contribution in [3.8, 4) is 0 Å². The van der Waals surface area contributed by atoms with E-state index < -0.39 is 11.7 Å². The highest BCUT2D eigenvalue weighted by molar-refractivity contribution is 5.29. The average molecular weight is 299 g/mol. The minimum atomic E-state index is -4.25. The summed E-state index contributed by atoms with van der Waals surface area (Å²) in [6, 6.07) is 6.31. The standard InChI is InChI=1S/C17H24F3N/c1-12(2)21-11-14-6-3-4-9-16(14)13-7-5-8-15(10-13)17(18,19)20/h5,7-8,10,12,14,16,21H,3-4,6,9,11H2,1-2H3. The van der Waals surface area contributed by atoms with E-state index in [1.54, 1.807) is 6.07 Å². The summed E-state index contributed by atoms with van der Waals surface area (Å²) in [5, 5.41) is 3.44. The van der Waals surface area contributed by atoms with Crippen molar-refractivity contribution in [3.05, 3.63) is 35.4 Å². The van der Waals surface area contributed by atoms with E-state index in [0.29, 0.717) is 12.0 Å². The molecule has 1 aromatic rings. The van der Waals surface area contributed by atoms with Crippen molar-refractivity contribution in [3.63, 3.8) is 0 Å². The molecule has 1 aromatic carbocycles. The van der Waals surface area contributed by atoms with Gasteiger partial charge in [0.25, 0.3) is 0 Å². The Morgan fingerprint density at radius 3 is 2.57 bits per heavy atom. The van der Waals surface area contributed by atoms with Crippen LogP contribution in [0.5, 0.6) is 0 Å². The Bertz CT molecular complexity index is 454. The van der Waals surface area contributed by atoms with Gasteiger partial charge in [-0.1, -0.05) is 44.9 Å². The lowest BCUT2D eigenvalue weighted by Gasteiger charge is -2.33. The van der Waals surface area contributed by atoms with Gasteiger partial charge < -0.3 is 5.32 Å². The van der Waals surface area contributed by atoms with Crippen LogP contribution in [0, 0.1) is 5.92 Å². The fraction of sp³-hybridized carbons (Fsp3) is 0.647. The normalized spacial score (nSPS) is 23.5. The Kier molecular flexibility index (Phi) is 5.31. The Morgan fingerprint density at radius 2 is 1.90 bits per heavy atom. The summed E-state index contributed by atoms with van der Waals surface area (Å²) < 4.78 is 38.6. The molecule has 1 fully saturated rings. The van der Waals surface area contributed by atoms with Crippen LogP contribution in [-0.4, -0.2) is 12.6 Å². The number of rotatable bonds is 4. The minimum absolute atomic E-state index is 0.243. The van der Waals surface area contributed by atoms with Gasteiger partial charge in [0, 0.05) is 6.04 Å². The summed E-state index contributed by atoms with van der Waals surface area (Å²) in [7, 11) is 0. The van der Waals surface area contributed by atoms with Gasteiger partial charge in [-0.15, -0.1) is 0 Å². The molecule has 0 bridgehead atoms. The lowest BCUT2D eigenvalue weighted by molar-refractivity contribution is -0.137. The maximum absolute atomic E-state index is 12.9. The molecule has 2 unspecified atom stereocenters. The molecule has 4 heteroatoms. The Labute approximate surface area is 124 Å². The van der Waals surface area contributed by atoms with Crippen LogP contribution in [0.3, 0.4) is 0 Å². The molecule has 21 heavy (non-hydrogen) atoms. The quantitative estimate of drug-likeness (QED) is 0.827. The molecule has 2 atom stereocenters. The maximum atomic E-state index is 12.9. The van der Waals surface area contributed by atoms with Crippen molar-refractivity contribution in [2.75, 3.05) is 6.54 Å². The van der Waals surface area contributed by atoms with Crippen LogP contribution in [0.15, 0.2) is 24.3 Å². The molecular formula is C17H24F3N. The zero-order valence-corrected chi connectivity index (χ0v) is 12.7. The van der Waals surface area contributed by atoms with Crippen LogP contribution in [0.1, 0.15) is 56.6 Å². The smallest absolute Gasteiger partial charge is 0.314 e. The number of benzene rings is 1. The summed E-state index contributed by atoms with van der Waals surface area (Å²) in [5.41, 5.74) is 0.321. The Morgan fingerprint density at radius 1 is 1.19 bits per heavy atom. The van der Waals surface area contributed by atoms with E-state index in [1.807, 2.05) is 6.07 Å². The lowest BCUT2D eigenvalue weighted by atomic mass is 9.75. The average Bonchev–Trinajstić information content (AvgIpc) is 2.44. The molecule has 0 amide bonds. The first-order valence-electron chi connectivity index (χ1n) is 7.78. The van der Waals surface area contributed by atoms with E-state index in [4.69, 9.17) is 0 Å². The van der Waals surface area contributed by atoms with Gasteiger partial charge in [0.2, 0.25) is 0 Å². The van der Waals surface area contributed by atoms with Gasteiger partial charge in [0.1, 0.15) is 0 Å².